The molecule has 2 heterocycles. The molecule has 0 N–H and O–H groups in total. The van der Waals surface area contributed by atoms with Crippen molar-refractivity contribution in [3.05, 3.63) is 18.5 Å². The summed E-state index contributed by atoms with van der Waals surface area (Å²) in [4.78, 5) is 8.24. The van der Waals surface area contributed by atoms with Crippen molar-refractivity contribution < 1.29 is 9.47 Å². The normalized spacial score (nSPS) is 10.2. The molecule has 16 heavy (non-hydrogen) atoms. The van der Waals surface area contributed by atoms with Crippen molar-refractivity contribution in [1.29, 1.82) is 0 Å². The van der Waals surface area contributed by atoms with Gasteiger partial charge >= 0.3 is 6.01 Å². The minimum absolute atomic E-state index is 0.276. The van der Waals surface area contributed by atoms with Gasteiger partial charge in [-0.25, -0.2) is 0 Å². The predicted molar refractivity (Wildman–Crippen MR) is 57.3 cm³/mol. The number of ether oxygens (including phenoxy) is 2. The average Bonchev–Trinajstić information content (AvgIpc) is 2.75. The molecule has 84 valence electrons. The van der Waals surface area contributed by atoms with Gasteiger partial charge < -0.3 is 9.47 Å². The first-order valence-electron chi connectivity index (χ1n) is 4.69. The zero-order valence-electron chi connectivity index (χ0n) is 9.34. The highest BCUT2D eigenvalue weighted by Gasteiger charge is 2.08. The lowest BCUT2D eigenvalue weighted by atomic mass is 10.2. The van der Waals surface area contributed by atoms with Crippen LogP contribution in [0.25, 0.3) is 11.3 Å². The van der Waals surface area contributed by atoms with E-state index in [1.165, 1.54) is 7.11 Å². The number of hydrogen-bond acceptors (Lipinski definition) is 5. The molecule has 0 saturated carbocycles. The second-order valence-corrected chi connectivity index (χ2v) is 3.18. The lowest BCUT2D eigenvalue weighted by Crippen LogP contribution is -1.96. The molecule has 0 unspecified atom stereocenters. The van der Waals surface area contributed by atoms with E-state index in [2.05, 4.69) is 15.1 Å². The van der Waals surface area contributed by atoms with Crippen LogP contribution in [0.4, 0.5) is 0 Å². The Balaban J connectivity index is 2.47. The van der Waals surface area contributed by atoms with E-state index < -0.39 is 0 Å². The summed E-state index contributed by atoms with van der Waals surface area (Å²) in [6, 6.07) is 2.01. The van der Waals surface area contributed by atoms with Crippen LogP contribution < -0.4 is 9.47 Å². The predicted octanol–water partition coefficient (Wildman–Crippen LogP) is 0.894. The summed E-state index contributed by atoms with van der Waals surface area (Å²) in [6.45, 7) is 0. The Morgan fingerprint density at radius 1 is 1.19 bits per heavy atom. The van der Waals surface area contributed by atoms with Crippen molar-refractivity contribution in [2.75, 3.05) is 14.2 Å². The van der Waals surface area contributed by atoms with Crippen molar-refractivity contribution >= 4 is 0 Å². The van der Waals surface area contributed by atoms with Gasteiger partial charge in [-0.15, -0.1) is 0 Å². The van der Waals surface area contributed by atoms with E-state index in [9.17, 15) is 0 Å². The zero-order chi connectivity index (χ0) is 11.5. The van der Waals surface area contributed by atoms with Crippen molar-refractivity contribution in [3.8, 4) is 23.1 Å². The number of methoxy groups -OCH3 is 2. The van der Waals surface area contributed by atoms with Crippen molar-refractivity contribution in [2.45, 2.75) is 0 Å². The van der Waals surface area contributed by atoms with Crippen LogP contribution in [0, 0.1) is 0 Å². The fourth-order valence-corrected chi connectivity index (χ4v) is 1.30. The summed E-state index contributed by atoms with van der Waals surface area (Å²) in [5.74, 6) is 0.464. The van der Waals surface area contributed by atoms with Gasteiger partial charge in [0.2, 0.25) is 5.88 Å². The second kappa shape index (κ2) is 4.18. The molecule has 0 amide bonds. The number of aryl methyl sites for hydroxylation is 1. The van der Waals surface area contributed by atoms with Crippen molar-refractivity contribution in [1.82, 2.24) is 19.7 Å². The molecule has 0 fully saturated rings. The molecule has 0 saturated heterocycles. The van der Waals surface area contributed by atoms with E-state index in [0.717, 1.165) is 11.3 Å². The molecular weight excluding hydrogens is 208 g/mol. The molecule has 0 aliphatic heterocycles. The third-order valence-corrected chi connectivity index (χ3v) is 2.07. The fourth-order valence-electron chi connectivity index (χ4n) is 1.30. The summed E-state index contributed by atoms with van der Waals surface area (Å²) in [5.41, 5.74) is 1.61. The van der Waals surface area contributed by atoms with Crippen LogP contribution in [0.1, 0.15) is 0 Å². The average molecular weight is 220 g/mol. The molecule has 6 heteroatoms. The summed E-state index contributed by atoms with van der Waals surface area (Å²) >= 11 is 0. The van der Waals surface area contributed by atoms with Gasteiger partial charge in [-0.2, -0.15) is 15.1 Å². The highest BCUT2D eigenvalue weighted by atomic mass is 16.5. The van der Waals surface area contributed by atoms with Crippen LogP contribution in [-0.4, -0.2) is 34.0 Å². The van der Waals surface area contributed by atoms with Gasteiger partial charge in [0.1, 0.15) is 0 Å². The highest BCUT2D eigenvalue weighted by Crippen LogP contribution is 2.22. The van der Waals surface area contributed by atoms with Gasteiger partial charge in [0.25, 0.3) is 0 Å². The molecule has 2 aromatic heterocycles. The number of nitrogens with zero attached hydrogens (tertiary/aromatic N) is 4. The Morgan fingerprint density at radius 3 is 2.56 bits per heavy atom. The van der Waals surface area contributed by atoms with Crippen molar-refractivity contribution in [2.24, 2.45) is 7.05 Å². The second-order valence-electron chi connectivity index (χ2n) is 3.18. The molecule has 6 nitrogen and oxygen atoms in total. The van der Waals surface area contributed by atoms with Gasteiger partial charge in [-0.3, -0.25) is 4.68 Å². The molecule has 0 aliphatic carbocycles. The summed E-state index contributed by atoms with van der Waals surface area (Å²) in [6.07, 6.45) is 3.59. The maximum atomic E-state index is 5.07. The minimum Gasteiger partial charge on any atom is -0.481 e. The first-order valence-corrected chi connectivity index (χ1v) is 4.69. The Bertz CT molecular complexity index is 473. The van der Waals surface area contributed by atoms with Gasteiger partial charge in [0, 0.05) is 24.9 Å². The molecule has 0 bridgehead atoms. The van der Waals surface area contributed by atoms with Crippen LogP contribution in [0.5, 0.6) is 11.9 Å². The van der Waals surface area contributed by atoms with Crippen LogP contribution in [0.2, 0.25) is 0 Å². The summed E-state index contributed by atoms with van der Waals surface area (Å²) in [5, 5.41) is 4.08. The SMILES string of the molecule is COc1cc(-c2cnn(C)c2)nc(OC)n1. The maximum absolute atomic E-state index is 5.07. The van der Waals surface area contributed by atoms with E-state index in [0.29, 0.717) is 5.88 Å². The maximum Gasteiger partial charge on any atom is 0.320 e. The van der Waals surface area contributed by atoms with E-state index in [-0.39, 0.29) is 6.01 Å². The molecule has 2 rings (SSSR count). The molecule has 0 radical (unpaired) electrons. The number of hydrogen-bond donors (Lipinski definition) is 0. The Labute approximate surface area is 92.9 Å². The molecular formula is C10H12N4O2. The third kappa shape index (κ3) is 1.95. The Morgan fingerprint density at radius 2 is 2.00 bits per heavy atom. The van der Waals surface area contributed by atoms with Crippen LogP contribution >= 0.6 is 0 Å². The summed E-state index contributed by atoms with van der Waals surface area (Å²) in [7, 11) is 4.91. The lowest BCUT2D eigenvalue weighted by Gasteiger charge is -2.04. The molecule has 0 spiro atoms. The number of rotatable bonds is 3. The first kappa shape index (κ1) is 10.4. The smallest absolute Gasteiger partial charge is 0.320 e. The quantitative estimate of drug-likeness (QED) is 0.768. The largest absolute Gasteiger partial charge is 0.481 e. The molecule has 0 atom stereocenters. The first-order chi connectivity index (χ1) is 7.72. The van der Waals surface area contributed by atoms with Gasteiger partial charge in [0.05, 0.1) is 26.1 Å². The minimum atomic E-state index is 0.276. The van der Waals surface area contributed by atoms with Crippen LogP contribution in [0.3, 0.4) is 0 Å². The Hall–Kier alpha value is -2.11. The molecule has 0 aliphatic rings. The Kier molecular flexibility index (Phi) is 2.72. The van der Waals surface area contributed by atoms with E-state index in [1.807, 2.05) is 13.2 Å². The zero-order valence-corrected chi connectivity index (χ0v) is 9.34. The van der Waals surface area contributed by atoms with Gasteiger partial charge in [-0.05, 0) is 0 Å². The highest BCUT2D eigenvalue weighted by molar-refractivity contribution is 5.58. The van der Waals surface area contributed by atoms with E-state index in [4.69, 9.17) is 9.47 Å². The molecule has 0 aromatic carbocycles. The molecule has 2 aromatic rings. The van der Waals surface area contributed by atoms with Crippen LogP contribution in [-0.2, 0) is 7.05 Å². The standard InChI is InChI=1S/C10H12N4O2/c1-14-6-7(5-11-14)8-4-9(15-2)13-10(12-8)16-3/h4-6H,1-3H3. The van der Waals surface area contributed by atoms with Crippen molar-refractivity contribution in [3.63, 3.8) is 0 Å². The number of aromatic nitrogens is 4. The monoisotopic (exact) mass is 220 g/mol. The third-order valence-electron chi connectivity index (χ3n) is 2.07. The van der Waals surface area contributed by atoms with Gasteiger partial charge in [-0.1, -0.05) is 0 Å². The van der Waals surface area contributed by atoms with Gasteiger partial charge in [0.15, 0.2) is 0 Å². The fraction of sp³-hybridized carbons (Fsp3) is 0.300. The lowest BCUT2D eigenvalue weighted by molar-refractivity contribution is 0.353. The van der Waals surface area contributed by atoms with E-state index >= 15 is 0 Å². The van der Waals surface area contributed by atoms with Crippen LogP contribution in [0.15, 0.2) is 18.5 Å². The van der Waals surface area contributed by atoms with E-state index in [1.54, 1.807) is 24.1 Å². The topological polar surface area (TPSA) is 62.1 Å². The summed E-state index contributed by atoms with van der Waals surface area (Å²) < 4.78 is 11.8.